The zero-order valence-electron chi connectivity index (χ0n) is 13.1. The fourth-order valence-corrected chi connectivity index (χ4v) is 2.02. The van der Waals surface area contributed by atoms with Gasteiger partial charge >= 0.3 is 0 Å². The van der Waals surface area contributed by atoms with Crippen molar-refractivity contribution in [3.63, 3.8) is 0 Å². The van der Waals surface area contributed by atoms with Gasteiger partial charge in [0, 0.05) is 6.07 Å². The molecule has 21 heavy (non-hydrogen) atoms. The van der Waals surface area contributed by atoms with Crippen molar-refractivity contribution in [2.45, 2.75) is 33.1 Å². The van der Waals surface area contributed by atoms with Crippen LogP contribution in [-0.4, -0.2) is 6.61 Å². The van der Waals surface area contributed by atoms with Gasteiger partial charge in [-0.3, -0.25) is 0 Å². The van der Waals surface area contributed by atoms with Gasteiger partial charge in [0.05, 0.1) is 12.3 Å². The Hall–Kier alpha value is -2.16. The Kier molecular flexibility index (Phi) is 4.41. The van der Waals surface area contributed by atoms with Crippen LogP contribution in [0.4, 0.5) is 5.69 Å². The molecule has 0 aromatic heterocycles. The van der Waals surface area contributed by atoms with E-state index >= 15 is 0 Å². The zero-order chi connectivity index (χ0) is 15.5. The summed E-state index contributed by atoms with van der Waals surface area (Å²) in [6.45, 7) is 9.08. The van der Waals surface area contributed by atoms with E-state index in [9.17, 15) is 0 Å². The molecule has 0 aliphatic carbocycles. The molecular formula is C18H23NO2. The summed E-state index contributed by atoms with van der Waals surface area (Å²) < 4.78 is 11.3. The highest BCUT2D eigenvalue weighted by atomic mass is 16.5. The molecule has 0 fully saturated rings. The SMILES string of the molecule is CCOc1cc(Oc2ccc(C(C)(C)C)cc2)ccc1N. The summed E-state index contributed by atoms with van der Waals surface area (Å²) in [7, 11) is 0. The van der Waals surface area contributed by atoms with Crippen LogP contribution in [0.1, 0.15) is 33.3 Å². The summed E-state index contributed by atoms with van der Waals surface area (Å²) in [5.74, 6) is 2.17. The van der Waals surface area contributed by atoms with Gasteiger partial charge in [-0.2, -0.15) is 0 Å². The monoisotopic (exact) mass is 285 g/mol. The van der Waals surface area contributed by atoms with Crippen molar-refractivity contribution in [1.82, 2.24) is 0 Å². The number of nitrogen functional groups attached to an aromatic ring is 1. The maximum Gasteiger partial charge on any atom is 0.145 e. The molecule has 0 unspecified atom stereocenters. The highest BCUT2D eigenvalue weighted by molar-refractivity contribution is 5.56. The van der Waals surface area contributed by atoms with Gasteiger partial charge in [0.2, 0.25) is 0 Å². The van der Waals surface area contributed by atoms with Crippen LogP contribution in [0.5, 0.6) is 17.2 Å². The predicted octanol–water partition coefficient (Wildman–Crippen LogP) is 4.76. The number of hydrogen-bond acceptors (Lipinski definition) is 3. The first-order valence-corrected chi connectivity index (χ1v) is 7.21. The molecule has 3 heteroatoms. The molecule has 0 aliphatic rings. The van der Waals surface area contributed by atoms with Gasteiger partial charge in [-0.15, -0.1) is 0 Å². The molecule has 0 spiro atoms. The molecule has 112 valence electrons. The third-order valence-corrected chi connectivity index (χ3v) is 3.24. The van der Waals surface area contributed by atoms with E-state index in [-0.39, 0.29) is 5.41 Å². The van der Waals surface area contributed by atoms with Gasteiger partial charge < -0.3 is 15.2 Å². The van der Waals surface area contributed by atoms with E-state index in [1.807, 2.05) is 31.2 Å². The molecule has 2 N–H and O–H groups in total. The molecule has 0 saturated carbocycles. The first kappa shape index (κ1) is 15.2. The summed E-state index contributed by atoms with van der Waals surface area (Å²) in [6.07, 6.45) is 0. The minimum atomic E-state index is 0.141. The Labute approximate surface area is 126 Å². The average molecular weight is 285 g/mol. The molecule has 0 amide bonds. The molecular weight excluding hydrogens is 262 g/mol. The second-order valence-corrected chi connectivity index (χ2v) is 6.01. The van der Waals surface area contributed by atoms with Crippen LogP contribution in [0, 0.1) is 0 Å². The summed E-state index contributed by atoms with van der Waals surface area (Å²) in [5, 5.41) is 0. The first-order valence-electron chi connectivity index (χ1n) is 7.21. The topological polar surface area (TPSA) is 44.5 Å². The molecule has 3 nitrogen and oxygen atoms in total. The molecule has 2 aromatic carbocycles. The van der Waals surface area contributed by atoms with Crippen LogP contribution in [0.15, 0.2) is 42.5 Å². The molecule has 0 bridgehead atoms. The second kappa shape index (κ2) is 6.08. The van der Waals surface area contributed by atoms with Crippen LogP contribution < -0.4 is 15.2 Å². The minimum absolute atomic E-state index is 0.141. The molecule has 2 aromatic rings. The van der Waals surface area contributed by atoms with Crippen molar-refractivity contribution in [2.75, 3.05) is 12.3 Å². The Morgan fingerprint density at radius 1 is 0.952 bits per heavy atom. The third-order valence-electron chi connectivity index (χ3n) is 3.24. The molecule has 2 rings (SSSR count). The van der Waals surface area contributed by atoms with Crippen LogP contribution in [0.3, 0.4) is 0 Å². The number of hydrogen-bond donors (Lipinski definition) is 1. The fourth-order valence-electron chi connectivity index (χ4n) is 2.02. The van der Waals surface area contributed by atoms with E-state index in [0.29, 0.717) is 18.0 Å². The van der Waals surface area contributed by atoms with Crippen molar-refractivity contribution < 1.29 is 9.47 Å². The zero-order valence-corrected chi connectivity index (χ0v) is 13.1. The highest BCUT2D eigenvalue weighted by Gasteiger charge is 2.13. The van der Waals surface area contributed by atoms with Gasteiger partial charge in [0.25, 0.3) is 0 Å². The van der Waals surface area contributed by atoms with Crippen molar-refractivity contribution in [3.8, 4) is 17.2 Å². The maximum absolute atomic E-state index is 5.86. The first-order chi connectivity index (χ1) is 9.90. The normalized spacial score (nSPS) is 11.2. The van der Waals surface area contributed by atoms with E-state index in [1.54, 1.807) is 6.07 Å². The van der Waals surface area contributed by atoms with Gasteiger partial charge in [0.1, 0.15) is 17.2 Å². The quantitative estimate of drug-likeness (QED) is 0.824. The smallest absolute Gasteiger partial charge is 0.145 e. The van der Waals surface area contributed by atoms with Crippen molar-refractivity contribution in [2.24, 2.45) is 0 Å². The summed E-state index contributed by atoms with van der Waals surface area (Å²) >= 11 is 0. The summed E-state index contributed by atoms with van der Waals surface area (Å²) in [5.41, 5.74) is 7.89. The Balaban J connectivity index is 2.16. The average Bonchev–Trinajstić information content (AvgIpc) is 2.42. The van der Waals surface area contributed by atoms with Crippen LogP contribution in [-0.2, 0) is 5.41 Å². The number of benzene rings is 2. The number of ether oxygens (including phenoxy) is 2. The lowest BCUT2D eigenvalue weighted by Gasteiger charge is -2.19. The lowest BCUT2D eigenvalue weighted by molar-refractivity contribution is 0.340. The fraction of sp³-hybridized carbons (Fsp3) is 0.333. The van der Waals surface area contributed by atoms with E-state index < -0.39 is 0 Å². The lowest BCUT2D eigenvalue weighted by atomic mass is 9.87. The molecule has 0 aliphatic heterocycles. The summed E-state index contributed by atoms with van der Waals surface area (Å²) in [6, 6.07) is 13.6. The van der Waals surface area contributed by atoms with Crippen molar-refractivity contribution in [3.05, 3.63) is 48.0 Å². The number of nitrogens with two attached hydrogens (primary N) is 1. The van der Waals surface area contributed by atoms with Gasteiger partial charge in [-0.1, -0.05) is 32.9 Å². The van der Waals surface area contributed by atoms with Gasteiger partial charge in [-0.05, 0) is 42.2 Å². The largest absolute Gasteiger partial charge is 0.492 e. The molecule has 0 atom stereocenters. The van der Waals surface area contributed by atoms with E-state index in [4.69, 9.17) is 15.2 Å². The standard InChI is InChI=1S/C18H23NO2/c1-5-20-17-12-15(10-11-16(17)19)21-14-8-6-13(7-9-14)18(2,3)4/h6-12H,5,19H2,1-4H3. The Morgan fingerprint density at radius 3 is 2.14 bits per heavy atom. The van der Waals surface area contributed by atoms with E-state index in [0.717, 1.165) is 11.5 Å². The van der Waals surface area contributed by atoms with Crippen molar-refractivity contribution >= 4 is 5.69 Å². The number of rotatable bonds is 4. The maximum atomic E-state index is 5.86. The van der Waals surface area contributed by atoms with Crippen LogP contribution in [0.2, 0.25) is 0 Å². The molecule has 0 radical (unpaired) electrons. The van der Waals surface area contributed by atoms with Crippen molar-refractivity contribution in [1.29, 1.82) is 0 Å². The van der Waals surface area contributed by atoms with E-state index in [2.05, 4.69) is 32.9 Å². The van der Waals surface area contributed by atoms with E-state index in [1.165, 1.54) is 5.56 Å². The second-order valence-electron chi connectivity index (χ2n) is 6.01. The molecule has 0 saturated heterocycles. The minimum Gasteiger partial charge on any atom is -0.492 e. The number of anilines is 1. The third kappa shape index (κ3) is 3.91. The van der Waals surface area contributed by atoms with Gasteiger partial charge in [0.15, 0.2) is 0 Å². The summed E-state index contributed by atoms with van der Waals surface area (Å²) in [4.78, 5) is 0. The predicted molar refractivity (Wildman–Crippen MR) is 87.2 cm³/mol. The highest BCUT2D eigenvalue weighted by Crippen LogP contribution is 2.31. The Morgan fingerprint density at radius 2 is 1.57 bits per heavy atom. The lowest BCUT2D eigenvalue weighted by Crippen LogP contribution is -2.10. The van der Waals surface area contributed by atoms with Crippen LogP contribution >= 0.6 is 0 Å². The Bertz CT molecular complexity index is 598. The molecule has 0 heterocycles. The van der Waals surface area contributed by atoms with Gasteiger partial charge in [-0.25, -0.2) is 0 Å². The van der Waals surface area contributed by atoms with Crippen LogP contribution in [0.25, 0.3) is 0 Å².